The van der Waals surface area contributed by atoms with Gasteiger partial charge in [-0.1, -0.05) is 29.8 Å². The largest absolute Gasteiger partial charge is 0.496 e. The molecule has 6 nitrogen and oxygen atoms in total. The van der Waals surface area contributed by atoms with Crippen molar-refractivity contribution in [3.8, 4) is 5.75 Å². The van der Waals surface area contributed by atoms with E-state index in [1.807, 2.05) is 32.0 Å². The lowest BCUT2D eigenvalue weighted by molar-refractivity contribution is 0.249. The van der Waals surface area contributed by atoms with Gasteiger partial charge in [0.1, 0.15) is 5.75 Å². The molecule has 0 spiro atoms. The molecule has 1 atom stereocenters. The lowest BCUT2D eigenvalue weighted by Crippen LogP contribution is -2.32. The van der Waals surface area contributed by atoms with Gasteiger partial charge >= 0.3 is 6.03 Å². The van der Waals surface area contributed by atoms with Crippen molar-refractivity contribution in [3.05, 3.63) is 53.6 Å². The summed E-state index contributed by atoms with van der Waals surface area (Å²) >= 11 is 0. The lowest BCUT2D eigenvalue weighted by Gasteiger charge is -2.19. The molecule has 27 heavy (non-hydrogen) atoms. The number of sulfone groups is 1. The molecule has 146 valence electrons. The van der Waals surface area contributed by atoms with Crippen LogP contribution in [0, 0.1) is 6.92 Å². The molecule has 0 aromatic heterocycles. The fourth-order valence-electron chi connectivity index (χ4n) is 2.70. The van der Waals surface area contributed by atoms with Gasteiger partial charge in [-0.25, -0.2) is 13.2 Å². The van der Waals surface area contributed by atoms with E-state index in [4.69, 9.17) is 4.74 Å². The average Bonchev–Trinajstić information content (AvgIpc) is 2.61. The molecular weight excluding hydrogens is 364 g/mol. The van der Waals surface area contributed by atoms with Crippen LogP contribution in [0.25, 0.3) is 0 Å². The Hall–Kier alpha value is -2.54. The van der Waals surface area contributed by atoms with Crippen LogP contribution in [0.3, 0.4) is 0 Å². The summed E-state index contributed by atoms with van der Waals surface area (Å²) in [7, 11) is -1.94. The number of aryl methyl sites for hydroxylation is 1. The third kappa shape index (κ3) is 4.80. The molecule has 7 heteroatoms. The van der Waals surface area contributed by atoms with Crippen molar-refractivity contribution >= 4 is 21.6 Å². The molecule has 0 aliphatic carbocycles. The first-order valence-corrected chi connectivity index (χ1v) is 10.3. The summed E-state index contributed by atoms with van der Waals surface area (Å²) in [5, 5.41) is 4.90. The number of para-hydroxylation sites is 1. The number of carbonyl (C=O) groups is 1. The second-order valence-electron chi connectivity index (χ2n) is 6.66. The zero-order valence-corrected chi connectivity index (χ0v) is 17.1. The van der Waals surface area contributed by atoms with E-state index in [0.29, 0.717) is 5.75 Å². The number of ether oxygens (including phenoxy) is 1. The van der Waals surface area contributed by atoms with Crippen LogP contribution in [0.5, 0.6) is 5.75 Å². The summed E-state index contributed by atoms with van der Waals surface area (Å²) in [5.41, 5.74) is 2.15. The first-order valence-electron chi connectivity index (χ1n) is 8.71. The molecule has 2 amide bonds. The van der Waals surface area contributed by atoms with E-state index < -0.39 is 21.1 Å². The maximum Gasteiger partial charge on any atom is 0.319 e. The molecule has 0 radical (unpaired) electrons. The van der Waals surface area contributed by atoms with Crippen molar-refractivity contribution in [3.63, 3.8) is 0 Å². The smallest absolute Gasteiger partial charge is 0.319 e. The van der Waals surface area contributed by atoms with E-state index in [1.54, 1.807) is 39.2 Å². The minimum Gasteiger partial charge on any atom is -0.496 e. The van der Waals surface area contributed by atoms with Crippen LogP contribution in [-0.2, 0) is 9.84 Å². The summed E-state index contributed by atoms with van der Waals surface area (Å²) < 4.78 is 30.4. The standard InChI is InChI=1S/C20H26N2O4S/c1-13(2)27(24,25)19-9-7-6-8-17(19)22-20(23)21-15(4)16-12-14(3)10-11-18(16)26-5/h6-13,15H,1-5H3,(H2,21,22,23). The normalized spacial score (nSPS) is 12.5. The molecule has 0 aliphatic heterocycles. The number of urea groups is 1. The van der Waals surface area contributed by atoms with E-state index >= 15 is 0 Å². The number of nitrogens with one attached hydrogen (secondary N) is 2. The molecule has 2 aromatic rings. The third-order valence-corrected chi connectivity index (χ3v) is 6.47. The highest BCUT2D eigenvalue weighted by molar-refractivity contribution is 7.92. The second kappa shape index (κ2) is 8.43. The molecule has 0 heterocycles. The van der Waals surface area contributed by atoms with Gasteiger partial charge in [0.05, 0.1) is 29.0 Å². The fourth-order valence-corrected chi connectivity index (χ4v) is 3.90. The number of amides is 2. The Morgan fingerprint density at radius 1 is 1.07 bits per heavy atom. The molecule has 0 fully saturated rings. The SMILES string of the molecule is COc1ccc(C)cc1C(C)NC(=O)Nc1ccccc1S(=O)(=O)C(C)C. The monoisotopic (exact) mass is 390 g/mol. The molecule has 0 saturated heterocycles. The van der Waals surface area contributed by atoms with Crippen LogP contribution in [0.15, 0.2) is 47.4 Å². The van der Waals surface area contributed by atoms with E-state index in [9.17, 15) is 13.2 Å². The summed E-state index contributed by atoms with van der Waals surface area (Å²) in [4.78, 5) is 12.6. The van der Waals surface area contributed by atoms with E-state index in [0.717, 1.165) is 11.1 Å². The zero-order chi connectivity index (χ0) is 20.2. The molecule has 2 aromatic carbocycles. The predicted octanol–water partition coefficient (Wildman–Crippen LogP) is 4.07. The van der Waals surface area contributed by atoms with Crippen molar-refractivity contribution in [1.29, 1.82) is 0 Å². The Morgan fingerprint density at radius 2 is 1.74 bits per heavy atom. The highest BCUT2D eigenvalue weighted by Gasteiger charge is 2.23. The van der Waals surface area contributed by atoms with Gasteiger partial charge < -0.3 is 15.4 Å². The van der Waals surface area contributed by atoms with Gasteiger partial charge in [0, 0.05) is 5.56 Å². The lowest BCUT2D eigenvalue weighted by atomic mass is 10.0. The zero-order valence-electron chi connectivity index (χ0n) is 16.2. The number of hydrogen-bond donors (Lipinski definition) is 2. The molecule has 0 aliphatic rings. The third-order valence-electron chi connectivity index (χ3n) is 4.26. The Morgan fingerprint density at radius 3 is 2.37 bits per heavy atom. The number of benzene rings is 2. The Balaban J connectivity index is 2.21. The first-order chi connectivity index (χ1) is 12.7. The number of anilines is 1. The molecule has 1 unspecified atom stereocenters. The quantitative estimate of drug-likeness (QED) is 0.779. The van der Waals surface area contributed by atoms with Crippen molar-refractivity contribution in [2.45, 2.75) is 43.9 Å². The predicted molar refractivity (Wildman–Crippen MR) is 107 cm³/mol. The summed E-state index contributed by atoms with van der Waals surface area (Å²) in [6, 6.07) is 11.3. The van der Waals surface area contributed by atoms with Gasteiger partial charge in [-0.3, -0.25) is 0 Å². The van der Waals surface area contributed by atoms with Crippen LogP contribution in [0.4, 0.5) is 10.5 Å². The molecule has 2 N–H and O–H groups in total. The summed E-state index contributed by atoms with van der Waals surface area (Å²) in [6.07, 6.45) is 0. The van der Waals surface area contributed by atoms with Crippen LogP contribution in [-0.4, -0.2) is 26.8 Å². The number of carbonyl (C=O) groups excluding carboxylic acids is 1. The van der Waals surface area contributed by atoms with Crippen molar-refractivity contribution in [2.24, 2.45) is 0 Å². The van der Waals surface area contributed by atoms with E-state index in [1.165, 1.54) is 6.07 Å². The Labute approximate surface area is 160 Å². The van der Waals surface area contributed by atoms with Crippen LogP contribution >= 0.6 is 0 Å². The Kier molecular flexibility index (Phi) is 6.49. The van der Waals surface area contributed by atoms with Gasteiger partial charge in [-0.15, -0.1) is 0 Å². The topological polar surface area (TPSA) is 84.5 Å². The second-order valence-corrected chi connectivity index (χ2v) is 9.13. The summed E-state index contributed by atoms with van der Waals surface area (Å²) in [5.74, 6) is 0.677. The maximum atomic E-state index is 12.5. The van der Waals surface area contributed by atoms with E-state index in [-0.39, 0.29) is 16.6 Å². The molecule has 0 bridgehead atoms. The summed E-state index contributed by atoms with van der Waals surface area (Å²) in [6.45, 7) is 7.02. The van der Waals surface area contributed by atoms with Gasteiger partial charge in [-0.2, -0.15) is 0 Å². The molecular formula is C20H26N2O4S. The minimum absolute atomic E-state index is 0.107. The minimum atomic E-state index is -3.51. The number of methoxy groups -OCH3 is 1. The molecule has 2 rings (SSSR count). The highest BCUT2D eigenvalue weighted by Crippen LogP contribution is 2.27. The van der Waals surface area contributed by atoms with Crippen molar-refractivity contribution in [2.75, 3.05) is 12.4 Å². The highest BCUT2D eigenvalue weighted by atomic mass is 32.2. The fraction of sp³-hybridized carbons (Fsp3) is 0.350. The van der Waals surface area contributed by atoms with Crippen molar-refractivity contribution in [1.82, 2.24) is 5.32 Å². The van der Waals surface area contributed by atoms with Gasteiger partial charge in [0.2, 0.25) is 0 Å². The number of rotatable bonds is 6. The maximum absolute atomic E-state index is 12.5. The average molecular weight is 391 g/mol. The molecule has 0 saturated carbocycles. The van der Waals surface area contributed by atoms with Crippen molar-refractivity contribution < 1.29 is 17.9 Å². The Bertz CT molecular complexity index is 923. The van der Waals surface area contributed by atoms with Crippen LogP contribution in [0.1, 0.15) is 37.9 Å². The number of hydrogen-bond acceptors (Lipinski definition) is 4. The van der Waals surface area contributed by atoms with E-state index in [2.05, 4.69) is 10.6 Å². The first kappa shape index (κ1) is 20.8. The van der Waals surface area contributed by atoms with Gasteiger partial charge in [0.25, 0.3) is 0 Å². The van der Waals surface area contributed by atoms with Crippen LogP contribution < -0.4 is 15.4 Å². The van der Waals surface area contributed by atoms with Gasteiger partial charge in [-0.05, 0) is 45.9 Å². The van der Waals surface area contributed by atoms with Crippen LogP contribution in [0.2, 0.25) is 0 Å². The van der Waals surface area contributed by atoms with Gasteiger partial charge in [0.15, 0.2) is 9.84 Å².